The molecule has 0 aliphatic carbocycles. The van der Waals surface area contributed by atoms with Gasteiger partial charge in [-0.25, -0.2) is 4.98 Å². The Labute approximate surface area is 144 Å². The van der Waals surface area contributed by atoms with Crippen molar-refractivity contribution in [1.82, 2.24) is 14.7 Å². The minimum absolute atomic E-state index is 0.214. The molecule has 2 aromatic heterocycles. The number of hydrogen-bond acceptors (Lipinski definition) is 3. The highest BCUT2D eigenvalue weighted by atomic mass is 35.5. The molecule has 1 N–H and O–H groups in total. The number of nitrogens with one attached hydrogen (secondary N) is 1. The summed E-state index contributed by atoms with van der Waals surface area (Å²) in [4.78, 5) is 16.1. The van der Waals surface area contributed by atoms with E-state index in [4.69, 9.17) is 16.3 Å². The molecule has 0 unspecified atom stereocenters. The fourth-order valence-electron chi connectivity index (χ4n) is 2.21. The second-order valence-electron chi connectivity index (χ2n) is 5.00. The zero-order chi connectivity index (χ0) is 16.8. The molecule has 0 aliphatic heterocycles. The number of pyridine rings is 1. The molecule has 0 fully saturated rings. The maximum absolute atomic E-state index is 11.9. The minimum Gasteiger partial charge on any atom is -0.492 e. The Morgan fingerprint density at radius 2 is 2.00 bits per heavy atom. The molecule has 0 atom stereocenters. The van der Waals surface area contributed by atoms with Crippen LogP contribution in [0.1, 0.15) is 5.69 Å². The standard InChI is InChI=1S/C18H16ClN3O2/c19-18-15(22-12-5-4-8-16(22)21-18)9-10-17(23)20-11-13-24-14-6-2-1-3-7-14/h1-10,12H,11,13H2,(H,20,23). The molecule has 24 heavy (non-hydrogen) atoms. The van der Waals surface area contributed by atoms with E-state index in [2.05, 4.69) is 10.3 Å². The Morgan fingerprint density at radius 3 is 2.83 bits per heavy atom. The molecule has 0 spiro atoms. The number of amides is 1. The topological polar surface area (TPSA) is 55.6 Å². The van der Waals surface area contributed by atoms with Gasteiger partial charge in [0, 0.05) is 12.3 Å². The van der Waals surface area contributed by atoms with Crippen LogP contribution in [0.25, 0.3) is 11.7 Å². The summed E-state index contributed by atoms with van der Waals surface area (Å²) in [6, 6.07) is 15.1. The molecule has 0 bridgehead atoms. The zero-order valence-corrected chi connectivity index (χ0v) is 13.6. The molecule has 6 heteroatoms. The van der Waals surface area contributed by atoms with E-state index in [9.17, 15) is 4.79 Å². The van der Waals surface area contributed by atoms with Crippen LogP contribution in [0.5, 0.6) is 5.75 Å². The maximum Gasteiger partial charge on any atom is 0.244 e. The normalized spacial score (nSPS) is 11.0. The summed E-state index contributed by atoms with van der Waals surface area (Å²) in [5.41, 5.74) is 1.40. The molecule has 122 valence electrons. The molecule has 1 aromatic carbocycles. The number of fused-ring (bicyclic) bond motifs is 1. The van der Waals surface area contributed by atoms with Gasteiger partial charge in [-0.3, -0.25) is 9.20 Å². The van der Waals surface area contributed by atoms with Crippen molar-refractivity contribution in [2.24, 2.45) is 0 Å². The monoisotopic (exact) mass is 341 g/mol. The van der Waals surface area contributed by atoms with Crippen molar-refractivity contribution in [3.05, 3.63) is 71.7 Å². The van der Waals surface area contributed by atoms with Crippen LogP contribution < -0.4 is 10.1 Å². The molecule has 0 aliphatic rings. The second kappa shape index (κ2) is 7.66. The fourth-order valence-corrected chi connectivity index (χ4v) is 2.45. The van der Waals surface area contributed by atoms with Gasteiger partial charge < -0.3 is 10.1 Å². The largest absolute Gasteiger partial charge is 0.492 e. The number of carbonyl (C=O) groups is 1. The highest BCUT2D eigenvalue weighted by Crippen LogP contribution is 2.18. The first-order valence-corrected chi connectivity index (χ1v) is 7.88. The van der Waals surface area contributed by atoms with Crippen molar-refractivity contribution in [2.45, 2.75) is 0 Å². The Hall–Kier alpha value is -2.79. The summed E-state index contributed by atoms with van der Waals surface area (Å²) in [6.45, 7) is 0.818. The Kier molecular flexibility index (Phi) is 5.13. The lowest BCUT2D eigenvalue weighted by Crippen LogP contribution is -2.26. The van der Waals surface area contributed by atoms with E-state index < -0.39 is 0 Å². The number of carbonyl (C=O) groups excluding carboxylic acids is 1. The van der Waals surface area contributed by atoms with Gasteiger partial charge in [0.1, 0.15) is 18.0 Å². The number of aromatic nitrogens is 2. The SMILES string of the molecule is O=C(C=Cc1c(Cl)nc2ccccn12)NCCOc1ccccc1. The van der Waals surface area contributed by atoms with E-state index in [1.165, 1.54) is 6.08 Å². The molecular formula is C18H16ClN3O2. The first-order chi connectivity index (χ1) is 11.7. The lowest BCUT2D eigenvalue weighted by Gasteiger charge is -2.06. The van der Waals surface area contributed by atoms with Crippen molar-refractivity contribution in [1.29, 1.82) is 0 Å². The van der Waals surface area contributed by atoms with Gasteiger partial charge in [-0.2, -0.15) is 0 Å². The van der Waals surface area contributed by atoms with E-state index >= 15 is 0 Å². The number of benzene rings is 1. The number of halogens is 1. The minimum atomic E-state index is -0.214. The van der Waals surface area contributed by atoms with Gasteiger partial charge in [0.2, 0.25) is 5.91 Å². The van der Waals surface area contributed by atoms with Gasteiger partial charge in [-0.1, -0.05) is 35.9 Å². The third kappa shape index (κ3) is 3.94. The molecule has 1 amide bonds. The Balaban J connectivity index is 1.52. The van der Waals surface area contributed by atoms with E-state index in [0.717, 1.165) is 11.4 Å². The van der Waals surface area contributed by atoms with Crippen LogP contribution in [0.3, 0.4) is 0 Å². The van der Waals surface area contributed by atoms with Crippen molar-refractivity contribution in [3.63, 3.8) is 0 Å². The lowest BCUT2D eigenvalue weighted by molar-refractivity contribution is -0.116. The lowest BCUT2D eigenvalue weighted by atomic mass is 10.3. The van der Waals surface area contributed by atoms with Crippen molar-refractivity contribution < 1.29 is 9.53 Å². The molecular weight excluding hydrogens is 326 g/mol. The predicted octanol–water partition coefficient (Wildman–Crippen LogP) is 3.20. The van der Waals surface area contributed by atoms with Gasteiger partial charge in [0.25, 0.3) is 0 Å². The average molecular weight is 342 g/mol. The van der Waals surface area contributed by atoms with Gasteiger partial charge >= 0.3 is 0 Å². The summed E-state index contributed by atoms with van der Waals surface area (Å²) in [5, 5.41) is 3.12. The van der Waals surface area contributed by atoms with Gasteiger partial charge in [-0.05, 0) is 30.3 Å². The number of imidazole rings is 1. The van der Waals surface area contributed by atoms with Crippen molar-refractivity contribution in [2.75, 3.05) is 13.2 Å². The summed E-state index contributed by atoms with van der Waals surface area (Å²) in [5.74, 6) is 0.563. The first kappa shape index (κ1) is 16.1. The van der Waals surface area contributed by atoms with E-state index in [1.54, 1.807) is 6.08 Å². The van der Waals surface area contributed by atoms with E-state index in [0.29, 0.717) is 24.0 Å². The van der Waals surface area contributed by atoms with Crippen LogP contribution in [0.15, 0.2) is 60.8 Å². The van der Waals surface area contributed by atoms with Gasteiger partial charge in [0.15, 0.2) is 5.15 Å². The molecule has 0 saturated heterocycles. The molecule has 5 nitrogen and oxygen atoms in total. The van der Waals surface area contributed by atoms with Crippen LogP contribution in [-0.2, 0) is 4.79 Å². The highest BCUT2D eigenvalue weighted by molar-refractivity contribution is 6.31. The van der Waals surface area contributed by atoms with E-state index in [-0.39, 0.29) is 5.91 Å². The van der Waals surface area contributed by atoms with Gasteiger partial charge in [0.05, 0.1) is 12.2 Å². The maximum atomic E-state index is 11.9. The number of hydrogen-bond donors (Lipinski definition) is 1. The molecule has 0 saturated carbocycles. The average Bonchev–Trinajstić information content (AvgIpc) is 2.93. The van der Waals surface area contributed by atoms with E-state index in [1.807, 2.05) is 59.1 Å². The second-order valence-corrected chi connectivity index (χ2v) is 5.36. The van der Waals surface area contributed by atoms with Crippen LogP contribution in [0.2, 0.25) is 5.15 Å². The third-order valence-electron chi connectivity index (χ3n) is 3.33. The molecule has 0 radical (unpaired) electrons. The van der Waals surface area contributed by atoms with Crippen molar-refractivity contribution >= 4 is 29.2 Å². The third-order valence-corrected chi connectivity index (χ3v) is 3.61. The highest BCUT2D eigenvalue weighted by Gasteiger charge is 2.07. The quantitative estimate of drug-likeness (QED) is 0.553. The van der Waals surface area contributed by atoms with Crippen LogP contribution in [0.4, 0.5) is 0 Å². The summed E-state index contributed by atoms with van der Waals surface area (Å²) < 4.78 is 7.33. The molecule has 2 heterocycles. The fraction of sp³-hybridized carbons (Fsp3) is 0.111. The van der Waals surface area contributed by atoms with Gasteiger partial charge in [-0.15, -0.1) is 0 Å². The van der Waals surface area contributed by atoms with Crippen molar-refractivity contribution in [3.8, 4) is 5.75 Å². The Morgan fingerprint density at radius 1 is 1.21 bits per heavy atom. The Bertz CT molecular complexity index is 859. The molecule has 3 aromatic rings. The number of para-hydroxylation sites is 1. The van der Waals surface area contributed by atoms with Crippen LogP contribution >= 0.6 is 11.6 Å². The number of ether oxygens (including phenoxy) is 1. The first-order valence-electron chi connectivity index (χ1n) is 7.50. The summed E-state index contributed by atoms with van der Waals surface area (Å²) in [7, 11) is 0. The smallest absolute Gasteiger partial charge is 0.244 e. The number of nitrogens with zero attached hydrogens (tertiary/aromatic N) is 2. The molecule has 3 rings (SSSR count). The van der Waals surface area contributed by atoms with Crippen LogP contribution in [-0.4, -0.2) is 28.4 Å². The number of rotatable bonds is 6. The van der Waals surface area contributed by atoms with Crippen LogP contribution in [0, 0.1) is 0 Å². The summed E-state index contributed by atoms with van der Waals surface area (Å²) in [6.07, 6.45) is 4.93. The predicted molar refractivity (Wildman–Crippen MR) is 94.2 cm³/mol. The zero-order valence-electron chi connectivity index (χ0n) is 12.9. The summed E-state index contributed by atoms with van der Waals surface area (Å²) >= 11 is 6.11.